The van der Waals surface area contributed by atoms with Crippen molar-refractivity contribution in [1.29, 1.82) is 0 Å². The molecule has 0 aliphatic carbocycles. The Morgan fingerprint density at radius 1 is 0.944 bits per heavy atom. The maximum atomic E-state index is 5.64. The van der Waals surface area contributed by atoms with Crippen LogP contribution in [0.3, 0.4) is 0 Å². The molecule has 0 radical (unpaired) electrons. The number of rotatable bonds is 11. The highest BCUT2D eigenvalue weighted by Crippen LogP contribution is 2.03. The fourth-order valence-corrected chi connectivity index (χ4v) is 1.93. The predicted molar refractivity (Wildman–Crippen MR) is 81.3 cm³/mol. The van der Waals surface area contributed by atoms with Crippen LogP contribution in [-0.4, -0.2) is 25.4 Å². The van der Waals surface area contributed by atoms with Gasteiger partial charge in [-0.1, -0.05) is 43.2 Å². The summed E-state index contributed by atoms with van der Waals surface area (Å²) in [4.78, 5) is 0. The van der Waals surface area contributed by atoms with E-state index in [4.69, 9.17) is 4.74 Å². The molecule has 102 valence electrons. The molecule has 0 amide bonds. The standard InChI is InChI=1S/C15H25NOS/c18-13-11-16-10-6-1-2-7-12-17-14-15-8-4-3-5-9-15/h3-5,8-9,16,18H,1-2,6-7,10-14H2. The summed E-state index contributed by atoms with van der Waals surface area (Å²) in [5.74, 6) is 0.924. The van der Waals surface area contributed by atoms with Crippen LogP contribution in [-0.2, 0) is 11.3 Å². The number of unbranched alkanes of at least 4 members (excludes halogenated alkanes) is 3. The fourth-order valence-electron chi connectivity index (χ4n) is 1.78. The normalized spacial score (nSPS) is 10.7. The third-order valence-corrected chi connectivity index (χ3v) is 3.02. The highest BCUT2D eigenvalue weighted by Gasteiger charge is 1.93. The quantitative estimate of drug-likeness (QED) is 0.474. The van der Waals surface area contributed by atoms with Gasteiger partial charge in [0, 0.05) is 18.9 Å². The molecule has 3 heteroatoms. The van der Waals surface area contributed by atoms with Gasteiger partial charge in [0.15, 0.2) is 0 Å². The Morgan fingerprint density at radius 3 is 2.50 bits per heavy atom. The van der Waals surface area contributed by atoms with E-state index >= 15 is 0 Å². The number of ether oxygens (including phenoxy) is 1. The molecule has 0 spiro atoms. The maximum absolute atomic E-state index is 5.64. The molecule has 0 fully saturated rings. The molecule has 1 aromatic rings. The SMILES string of the molecule is SCCNCCCCCCOCc1ccccc1. The molecule has 0 aromatic heterocycles. The first-order valence-corrected chi connectivity index (χ1v) is 7.50. The summed E-state index contributed by atoms with van der Waals surface area (Å²) in [5.41, 5.74) is 1.26. The van der Waals surface area contributed by atoms with Gasteiger partial charge >= 0.3 is 0 Å². The second kappa shape index (κ2) is 11.6. The van der Waals surface area contributed by atoms with E-state index < -0.39 is 0 Å². The summed E-state index contributed by atoms with van der Waals surface area (Å²) < 4.78 is 5.64. The third kappa shape index (κ3) is 8.56. The second-order valence-corrected chi connectivity index (χ2v) is 4.87. The van der Waals surface area contributed by atoms with Crippen molar-refractivity contribution >= 4 is 12.6 Å². The topological polar surface area (TPSA) is 21.3 Å². The van der Waals surface area contributed by atoms with Gasteiger partial charge in [0.25, 0.3) is 0 Å². The summed E-state index contributed by atoms with van der Waals surface area (Å²) in [6, 6.07) is 10.3. The Bertz CT molecular complexity index is 279. The number of hydrogen-bond donors (Lipinski definition) is 2. The van der Waals surface area contributed by atoms with Gasteiger partial charge < -0.3 is 10.1 Å². The van der Waals surface area contributed by atoms with Gasteiger partial charge in [0.1, 0.15) is 0 Å². The van der Waals surface area contributed by atoms with Gasteiger partial charge in [-0.2, -0.15) is 12.6 Å². The Balaban J connectivity index is 1.82. The maximum Gasteiger partial charge on any atom is 0.0716 e. The van der Waals surface area contributed by atoms with Crippen molar-refractivity contribution in [2.75, 3.05) is 25.4 Å². The van der Waals surface area contributed by atoms with Gasteiger partial charge in [-0.05, 0) is 24.9 Å². The molecule has 2 nitrogen and oxygen atoms in total. The molecule has 0 aliphatic heterocycles. The molecule has 18 heavy (non-hydrogen) atoms. The molecule has 0 bridgehead atoms. The van der Waals surface area contributed by atoms with Crippen LogP contribution in [0.5, 0.6) is 0 Å². The smallest absolute Gasteiger partial charge is 0.0716 e. The molecule has 1 rings (SSSR count). The minimum Gasteiger partial charge on any atom is -0.377 e. The zero-order chi connectivity index (χ0) is 12.9. The van der Waals surface area contributed by atoms with E-state index in [0.717, 1.165) is 32.1 Å². The van der Waals surface area contributed by atoms with Crippen molar-refractivity contribution in [2.24, 2.45) is 0 Å². The fraction of sp³-hybridized carbons (Fsp3) is 0.600. The van der Waals surface area contributed by atoms with Gasteiger partial charge in [-0.3, -0.25) is 0 Å². The van der Waals surface area contributed by atoms with Crippen LogP contribution in [0.2, 0.25) is 0 Å². The Morgan fingerprint density at radius 2 is 1.72 bits per heavy atom. The molecule has 0 atom stereocenters. The molecule has 0 unspecified atom stereocenters. The first kappa shape index (κ1) is 15.5. The molecule has 1 N–H and O–H groups in total. The van der Waals surface area contributed by atoms with Gasteiger partial charge in [0.05, 0.1) is 6.61 Å². The van der Waals surface area contributed by atoms with Crippen molar-refractivity contribution in [3.63, 3.8) is 0 Å². The number of thiol groups is 1. The van der Waals surface area contributed by atoms with E-state index in [0.29, 0.717) is 0 Å². The zero-order valence-electron chi connectivity index (χ0n) is 11.1. The summed E-state index contributed by atoms with van der Waals surface area (Å²) in [5, 5.41) is 3.35. The second-order valence-electron chi connectivity index (χ2n) is 4.43. The van der Waals surface area contributed by atoms with Crippen LogP contribution in [0.4, 0.5) is 0 Å². The number of benzene rings is 1. The first-order chi connectivity index (χ1) is 8.93. The highest BCUT2D eigenvalue weighted by atomic mass is 32.1. The molecule has 0 aliphatic rings. The number of nitrogens with one attached hydrogen (secondary N) is 1. The molecule has 0 saturated carbocycles. The van der Waals surface area contributed by atoms with Crippen molar-refractivity contribution in [3.05, 3.63) is 35.9 Å². The van der Waals surface area contributed by atoms with Crippen LogP contribution in [0.1, 0.15) is 31.2 Å². The third-order valence-electron chi connectivity index (χ3n) is 2.79. The average molecular weight is 267 g/mol. The summed E-state index contributed by atoms with van der Waals surface area (Å²) in [7, 11) is 0. The van der Waals surface area contributed by atoms with E-state index in [2.05, 4.69) is 42.2 Å². The largest absolute Gasteiger partial charge is 0.377 e. The molecule has 0 saturated heterocycles. The van der Waals surface area contributed by atoms with Crippen LogP contribution < -0.4 is 5.32 Å². The lowest BCUT2D eigenvalue weighted by molar-refractivity contribution is 0.116. The van der Waals surface area contributed by atoms with E-state index in [1.807, 2.05) is 6.07 Å². The highest BCUT2D eigenvalue weighted by molar-refractivity contribution is 7.80. The van der Waals surface area contributed by atoms with Gasteiger partial charge in [-0.25, -0.2) is 0 Å². The van der Waals surface area contributed by atoms with Gasteiger partial charge in [0.2, 0.25) is 0 Å². The average Bonchev–Trinajstić information content (AvgIpc) is 2.42. The molecular formula is C15H25NOS. The summed E-state index contributed by atoms with van der Waals surface area (Å²) in [6.07, 6.45) is 4.97. The van der Waals surface area contributed by atoms with Crippen molar-refractivity contribution in [2.45, 2.75) is 32.3 Å². The molecular weight excluding hydrogens is 242 g/mol. The van der Waals surface area contributed by atoms with Crippen LogP contribution in [0.25, 0.3) is 0 Å². The summed E-state index contributed by atoms with van der Waals surface area (Å²) in [6.45, 7) is 3.75. The summed E-state index contributed by atoms with van der Waals surface area (Å²) >= 11 is 4.15. The minimum absolute atomic E-state index is 0.740. The monoisotopic (exact) mass is 267 g/mol. The van der Waals surface area contributed by atoms with Crippen LogP contribution in [0.15, 0.2) is 30.3 Å². The van der Waals surface area contributed by atoms with Crippen molar-refractivity contribution in [1.82, 2.24) is 5.32 Å². The zero-order valence-corrected chi connectivity index (χ0v) is 12.0. The Hall–Kier alpha value is -0.510. The van der Waals surface area contributed by atoms with E-state index in [1.165, 1.54) is 31.2 Å². The first-order valence-electron chi connectivity index (χ1n) is 6.86. The Kier molecular flexibility index (Phi) is 10.00. The van der Waals surface area contributed by atoms with E-state index in [-0.39, 0.29) is 0 Å². The molecule has 1 aromatic carbocycles. The van der Waals surface area contributed by atoms with Crippen LogP contribution >= 0.6 is 12.6 Å². The van der Waals surface area contributed by atoms with Crippen molar-refractivity contribution < 1.29 is 4.74 Å². The van der Waals surface area contributed by atoms with Crippen molar-refractivity contribution in [3.8, 4) is 0 Å². The predicted octanol–water partition coefficient (Wildman–Crippen LogP) is 3.28. The lowest BCUT2D eigenvalue weighted by Crippen LogP contribution is -2.17. The minimum atomic E-state index is 0.740. The lowest BCUT2D eigenvalue weighted by atomic mass is 10.2. The molecule has 0 heterocycles. The van der Waals surface area contributed by atoms with Crippen LogP contribution in [0, 0.1) is 0 Å². The van der Waals surface area contributed by atoms with Gasteiger partial charge in [-0.15, -0.1) is 0 Å². The lowest BCUT2D eigenvalue weighted by Gasteiger charge is -2.05. The van der Waals surface area contributed by atoms with E-state index in [1.54, 1.807) is 0 Å². The van der Waals surface area contributed by atoms with E-state index in [9.17, 15) is 0 Å². The number of hydrogen-bond acceptors (Lipinski definition) is 3. The Labute approximate surface area is 117 Å².